The number of nitrogens with zero attached hydrogens (tertiary/aromatic N) is 1. The summed E-state index contributed by atoms with van der Waals surface area (Å²) in [6.07, 6.45) is 6.32. The summed E-state index contributed by atoms with van der Waals surface area (Å²) in [4.78, 5) is 14.3. The fourth-order valence-corrected chi connectivity index (χ4v) is 2.84. The predicted molar refractivity (Wildman–Crippen MR) is 83.7 cm³/mol. The molecule has 0 aromatic heterocycles. The number of likely N-dealkylation sites (N-methyl/N-ethyl adjacent to an activating group) is 1. The Morgan fingerprint density at radius 3 is 2.75 bits per heavy atom. The molecule has 4 nitrogen and oxygen atoms in total. The average Bonchev–Trinajstić information content (AvgIpc) is 2.43. The first-order valence-electron chi connectivity index (χ1n) is 7.42. The number of rotatable bonds is 4. The van der Waals surface area contributed by atoms with Gasteiger partial charge in [0.05, 0.1) is 6.54 Å². The summed E-state index contributed by atoms with van der Waals surface area (Å²) in [6, 6.07) is 6.14. The van der Waals surface area contributed by atoms with Gasteiger partial charge in [0.1, 0.15) is 0 Å². The summed E-state index contributed by atoms with van der Waals surface area (Å²) in [6.45, 7) is 2.42. The van der Waals surface area contributed by atoms with E-state index in [9.17, 15) is 4.79 Å². The van der Waals surface area contributed by atoms with Crippen LogP contribution in [0.25, 0.3) is 0 Å². The number of nitrogens with one attached hydrogen (secondary N) is 1. The van der Waals surface area contributed by atoms with Crippen LogP contribution in [0.1, 0.15) is 37.7 Å². The first-order valence-corrected chi connectivity index (χ1v) is 7.42. The van der Waals surface area contributed by atoms with Crippen LogP contribution in [0.15, 0.2) is 18.2 Å². The highest BCUT2D eigenvalue weighted by molar-refractivity contribution is 5.93. The number of aryl methyl sites for hydroxylation is 1. The van der Waals surface area contributed by atoms with Crippen molar-refractivity contribution in [3.05, 3.63) is 23.8 Å². The van der Waals surface area contributed by atoms with Crippen molar-refractivity contribution < 1.29 is 4.79 Å². The molecule has 0 spiro atoms. The smallest absolute Gasteiger partial charge is 0.238 e. The molecule has 1 aliphatic carbocycles. The molecule has 0 aliphatic heterocycles. The lowest BCUT2D eigenvalue weighted by atomic mass is 9.94. The molecule has 0 saturated heterocycles. The zero-order chi connectivity index (χ0) is 14.5. The molecule has 110 valence electrons. The largest absolute Gasteiger partial charge is 0.399 e. The normalized spacial score (nSPS) is 16.4. The van der Waals surface area contributed by atoms with Crippen LogP contribution in [0.2, 0.25) is 0 Å². The van der Waals surface area contributed by atoms with E-state index < -0.39 is 0 Å². The van der Waals surface area contributed by atoms with Gasteiger partial charge in [0.2, 0.25) is 5.91 Å². The molecule has 1 amide bonds. The van der Waals surface area contributed by atoms with E-state index in [1.54, 1.807) is 0 Å². The third-order valence-corrected chi connectivity index (χ3v) is 4.13. The van der Waals surface area contributed by atoms with Crippen molar-refractivity contribution in [2.24, 2.45) is 0 Å². The van der Waals surface area contributed by atoms with Crippen LogP contribution in [0.4, 0.5) is 11.4 Å². The van der Waals surface area contributed by atoms with Gasteiger partial charge in [-0.2, -0.15) is 0 Å². The number of hydrogen-bond acceptors (Lipinski definition) is 3. The SMILES string of the molecule is Cc1ccc(N)cc1NC(=O)CN(C)C1CCCCC1. The molecule has 4 heteroatoms. The summed E-state index contributed by atoms with van der Waals surface area (Å²) in [5.41, 5.74) is 8.28. The van der Waals surface area contributed by atoms with E-state index in [4.69, 9.17) is 5.73 Å². The van der Waals surface area contributed by atoms with Crippen LogP contribution in [-0.2, 0) is 4.79 Å². The molecule has 3 N–H and O–H groups in total. The molecule has 1 fully saturated rings. The number of nitrogens with two attached hydrogens (primary N) is 1. The van der Waals surface area contributed by atoms with E-state index in [-0.39, 0.29) is 5.91 Å². The van der Waals surface area contributed by atoms with Gasteiger partial charge in [-0.05, 0) is 44.5 Å². The van der Waals surface area contributed by atoms with Crippen LogP contribution in [0.5, 0.6) is 0 Å². The Balaban J connectivity index is 1.89. The van der Waals surface area contributed by atoms with Crippen molar-refractivity contribution in [2.45, 2.75) is 45.1 Å². The van der Waals surface area contributed by atoms with Crippen molar-refractivity contribution in [3.63, 3.8) is 0 Å². The second-order valence-corrected chi connectivity index (χ2v) is 5.83. The molecule has 1 aliphatic rings. The molecule has 1 saturated carbocycles. The highest BCUT2D eigenvalue weighted by atomic mass is 16.2. The molecular weight excluding hydrogens is 250 g/mol. The number of anilines is 2. The number of amides is 1. The molecule has 1 aromatic carbocycles. The number of benzene rings is 1. The zero-order valence-electron chi connectivity index (χ0n) is 12.5. The van der Waals surface area contributed by atoms with Gasteiger partial charge < -0.3 is 11.1 Å². The van der Waals surface area contributed by atoms with Crippen LogP contribution >= 0.6 is 0 Å². The Morgan fingerprint density at radius 1 is 1.35 bits per heavy atom. The van der Waals surface area contributed by atoms with E-state index in [1.165, 1.54) is 32.1 Å². The number of carbonyl (C=O) groups excluding carboxylic acids is 1. The number of nitrogen functional groups attached to an aromatic ring is 1. The molecule has 1 aromatic rings. The van der Waals surface area contributed by atoms with Gasteiger partial charge >= 0.3 is 0 Å². The van der Waals surface area contributed by atoms with Crippen molar-refractivity contribution in [2.75, 3.05) is 24.6 Å². The lowest BCUT2D eigenvalue weighted by Gasteiger charge is -2.30. The predicted octanol–water partition coefficient (Wildman–Crippen LogP) is 2.78. The van der Waals surface area contributed by atoms with Crippen molar-refractivity contribution >= 4 is 17.3 Å². The van der Waals surface area contributed by atoms with E-state index in [0.29, 0.717) is 18.3 Å². The monoisotopic (exact) mass is 275 g/mol. The number of carbonyl (C=O) groups is 1. The summed E-state index contributed by atoms with van der Waals surface area (Å²) < 4.78 is 0. The van der Waals surface area contributed by atoms with Crippen LogP contribution < -0.4 is 11.1 Å². The first kappa shape index (κ1) is 14.9. The topological polar surface area (TPSA) is 58.4 Å². The summed E-state index contributed by atoms with van der Waals surface area (Å²) >= 11 is 0. The summed E-state index contributed by atoms with van der Waals surface area (Å²) in [5.74, 6) is 0.0340. The quantitative estimate of drug-likeness (QED) is 0.831. The Morgan fingerprint density at radius 2 is 2.05 bits per heavy atom. The minimum Gasteiger partial charge on any atom is -0.399 e. The maximum absolute atomic E-state index is 12.1. The second-order valence-electron chi connectivity index (χ2n) is 5.83. The molecule has 0 heterocycles. The van der Waals surface area contributed by atoms with E-state index in [1.807, 2.05) is 32.2 Å². The minimum atomic E-state index is 0.0340. The minimum absolute atomic E-state index is 0.0340. The molecule has 0 radical (unpaired) electrons. The lowest BCUT2D eigenvalue weighted by molar-refractivity contribution is -0.117. The van der Waals surface area contributed by atoms with Gasteiger partial charge in [0, 0.05) is 17.4 Å². The summed E-state index contributed by atoms with van der Waals surface area (Å²) in [7, 11) is 2.04. The fourth-order valence-electron chi connectivity index (χ4n) is 2.84. The van der Waals surface area contributed by atoms with E-state index in [2.05, 4.69) is 10.2 Å². The maximum Gasteiger partial charge on any atom is 0.238 e. The van der Waals surface area contributed by atoms with Gasteiger partial charge in [0.15, 0.2) is 0 Å². The number of hydrogen-bond donors (Lipinski definition) is 2. The van der Waals surface area contributed by atoms with Gasteiger partial charge in [-0.15, -0.1) is 0 Å². The Kier molecular flexibility index (Phi) is 5.01. The third kappa shape index (κ3) is 3.97. The van der Waals surface area contributed by atoms with Crippen LogP contribution in [0.3, 0.4) is 0 Å². The Bertz CT molecular complexity index is 467. The van der Waals surface area contributed by atoms with Crippen molar-refractivity contribution in [3.8, 4) is 0 Å². The van der Waals surface area contributed by atoms with Crippen molar-refractivity contribution in [1.29, 1.82) is 0 Å². The first-order chi connectivity index (χ1) is 9.56. The van der Waals surface area contributed by atoms with E-state index in [0.717, 1.165) is 11.3 Å². The van der Waals surface area contributed by atoms with Crippen LogP contribution in [-0.4, -0.2) is 30.4 Å². The third-order valence-electron chi connectivity index (χ3n) is 4.13. The lowest BCUT2D eigenvalue weighted by Crippen LogP contribution is -2.39. The molecule has 0 bridgehead atoms. The van der Waals surface area contributed by atoms with Gasteiger partial charge in [-0.1, -0.05) is 25.3 Å². The summed E-state index contributed by atoms with van der Waals surface area (Å²) in [5, 5.41) is 2.96. The Hall–Kier alpha value is -1.55. The van der Waals surface area contributed by atoms with Gasteiger partial charge in [0.25, 0.3) is 0 Å². The second kappa shape index (κ2) is 6.75. The fraction of sp³-hybridized carbons (Fsp3) is 0.562. The standard InChI is InChI=1S/C16H25N3O/c1-12-8-9-13(17)10-15(12)18-16(20)11-19(2)14-6-4-3-5-7-14/h8-10,14H,3-7,11,17H2,1-2H3,(H,18,20). The highest BCUT2D eigenvalue weighted by Crippen LogP contribution is 2.22. The van der Waals surface area contributed by atoms with Gasteiger partial charge in [-0.25, -0.2) is 0 Å². The molecular formula is C16H25N3O. The maximum atomic E-state index is 12.1. The zero-order valence-corrected chi connectivity index (χ0v) is 12.5. The molecule has 2 rings (SSSR count). The molecule has 0 atom stereocenters. The highest BCUT2D eigenvalue weighted by Gasteiger charge is 2.19. The van der Waals surface area contributed by atoms with E-state index >= 15 is 0 Å². The average molecular weight is 275 g/mol. The van der Waals surface area contributed by atoms with Gasteiger partial charge in [-0.3, -0.25) is 9.69 Å². The Labute approximate surface area is 121 Å². The van der Waals surface area contributed by atoms with Crippen molar-refractivity contribution in [1.82, 2.24) is 4.90 Å². The van der Waals surface area contributed by atoms with Crippen LogP contribution in [0, 0.1) is 6.92 Å². The molecule has 20 heavy (non-hydrogen) atoms. The molecule has 0 unspecified atom stereocenters.